The molecule has 0 N–H and O–H groups in total. The smallest absolute Gasteiger partial charge is 0.295 e. The summed E-state index contributed by atoms with van der Waals surface area (Å²) in [7, 11) is 4.59. The van der Waals surface area contributed by atoms with Crippen molar-refractivity contribution in [2.75, 3.05) is 26.2 Å². The van der Waals surface area contributed by atoms with Crippen molar-refractivity contribution < 1.29 is 23.4 Å². The lowest BCUT2D eigenvalue weighted by Crippen LogP contribution is -2.29. The average Bonchev–Trinajstić information content (AvgIpc) is 3.16. The number of nitrogens with zero attached hydrogens (tertiary/aromatic N) is 1. The Morgan fingerprint density at radius 2 is 1.57 bits per heavy atom. The highest BCUT2D eigenvalue weighted by Gasteiger charge is 2.44. The molecule has 3 aromatic carbocycles. The number of hydrogen-bond acceptors (Lipinski definition) is 6. The van der Waals surface area contributed by atoms with Gasteiger partial charge in [-0.3, -0.25) is 14.5 Å². The van der Waals surface area contributed by atoms with Gasteiger partial charge >= 0.3 is 0 Å². The molecule has 1 unspecified atom stereocenters. The van der Waals surface area contributed by atoms with E-state index in [2.05, 4.69) is 0 Å². The number of ether oxygens (including phenoxy) is 3. The zero-order valence-electron chi connectivity index (χ0n) is 19.5. The molecule has 4 aromatic rings. The van der Waals surface area contributed by atoms with Gasteiger partial charge in [0.05, 0.1) is 43.3 Å². The van der Waals surface area contributed by atoms with Crippen molar-refractivity contribution in [2.24, 2.45) is 0 Å². The molecule has 0 saturated carbocycles. The molecule has 1 atom stereocenters. The van der Waals surface area contributed by atoms with Crippen molar-refractivity contribution in [2.45, 2.75) is 13.0 Å². The first-order valence-electron chi connectivity index (χ1n) is 10.8. The molecule has 2 heterocycles. The molecular weight excluding hydrogens is 470 g/mol. The summed E-state index contributed by atoms with van der Waals surface area (Å²) >= 11 is 6.40. The van der Waals surface area contributed by atoms with Crippen molar-refractivity contribution in [1.29, 1.82) is 0 Å². The number of anilines is 1. The van der Waals surface area contributed by atoms with Crippen LogP contribution < -0.4 is 24.5 Å². The molecule has 0 aliphatic carbocycles. The Balaban J connectivity index is 1.80. The van der Waals surface area contributed by atoms with Crippen LogP contribution in [0, 0.1) is 6.92 Å². The number of methoxy groups -OCH3 is 3. The molecule has 178 valence electrons. The predicted molar refractivity (Wildman–Crippen MR) is 133 cm³/mol. The van der Waals surface area contributed by atoms with Gasteiger partial charge in [0.2, 0.25) is 5.76 Å². The summed E-state index contributed by atoms with van der Waals surface area (Å²) < 4.78 is 22.2. The van der Waals surface area contributed by atoms with E-state index >= 15 is 0 Å². The summed E-state index contributed by atoms with van der Waals surface area (Å²) in [5.41, 5.74) is 2.41. The number of rotatable bonds is 5. The second kappa shape index (κ2) is 8.67. The monoisotopic (exact) mass is 491 g/mol. The Labute approximate surface area is 206 Å². The van der Waals surface area contributed by atoms with Gasteiger partial charge in [0.15, 0.2) is 16.9 Å². The van der Waals surface area contributed by atoms with Crippen LogP contribution in [0.3, 0.4) is 0 Å². The van der Waals surface area contributed by atoms with Crippen molar-refractivity contribution >= 4 is 34.2 Å². The summed E-state index contributed by atoms with van der Waals surface area (Å²) in [6.45, 7) is 1.90. The molecule has 0 spiro atoms. The van der Waals surface area contributed by atoms with Gasteiger partial charge in [-0.2, -0.15) is 0 Å². The lowest BCUT2D eigenvalue weighted by atomic mass is 9.97. The molecule has 8 heteroatoms. The van der Waals surface area contributed by atoms with E-state index in [-0.39, 0.29) is 16.8 Å². The SMILES string of the molecule is COc1ccc(N2C(=O)c3oc4ccc(C)cc4c(=O)c3C2c2ccc(OC)c(OC)c2)cc1Cl. The minimum absolute atomic E-state index is 0.00178. The van der Waals surface area contributed by atoms with Gasteiger partial charge in [-0.15, -0.1) is 0 Å². The van der Waals surface area contributed by atoms with Crippen molar-refractivity contribution in [3.05, 3.63) is 92.3 Å². The molecule has 0 saturated heterocycles. The summed E-state index contributed by atoms with van der Waals surface area (Å²) in [5.74, 6) is 1.02. The van der Waals surface area contributed by atoms with E-state index in [9.17, 15) is 9.59 Å². The largest absolute Gasteiger partial charge is 0.495 e. The Morgan fingerprint density at radius 3 is 2.26 bits per heavy atom. The second-order valence-electron chi connectivity index (χ2n) is 8.18. The van der Waals surface area contributed by atoms with Crippen LogP contribution in [0.1, 0.15) is 33.3 Å². The fourth-order valence-corrected chi connectivity index (χ4v) is 4.75. The molecule has 7 nitrogen and oxygen atoms in total. The summed E-state index contributed by atoms with van der Waals surface area (Å²) in [4.78, 5) is 29.0. The van der Waals surface area contributed by atoms with Crippen LogP contribution in [0.15, 0.2) is 63.8 Å². The van der Waals surface area contributed by atoms with Gasteiger partial charge in [0.25, 0.3) is 5.91 Å². The van der Waals surface area contributed by atoms with Crippen LogP contribution in [0.5, 0.6) is 17.2 Å². The maximum Gasteiger partial charge on any atom is 0.295 e. The van der Waals surface area contributed by atoms with E-state index in [4.69, 9.17) is 30.2 Å². The van der Waals surface area contributed by atoms with Gasteiger partial charge in [0.1, 0.15) is 11.3 Å². The van der Waals surface area contributed by atoms with Gasteiger partial charge < -0.3 is 18.6 Å². The normalized spacial score (nSPS) is 14.8. The number of hydrogen-bond donors (Lipinski definition) is 0. The number of carbonyl (C=O) groups excluding carboxylic acids is 1. The third-order valence-electron chi connectivity index (χ3n) is 6.16. The zero-order valence-corrected chi connectivity index (χ0v) is 20.3. The first-order valence-corrected chi connectivity index (χ1v) is 11.2. The molecule has 35 heavy (non-hydrogen) atoms. The minimum atomic E-state index is -0.775. The van der Waals surface area contributed by atoms with Gasteiger partial charge in [-0.05, 0) is 55.0 Å². The van der Waals surface area contributed by atoms with Crippen LogP contribution in [-0.4, -0.2) is 27.2 Å². The summed E-state index contributed by atoms with van der Waals surface area (Å²) in [5, 5.41) is 0.747. The number of fused-ring (bicyclic) bond motifs is 2. The molecule has 0 fully saturated rings. The average molecular weight is 492 g/mol. The first kappa shape index (κ1) is 22.8. The molecule has 1 amide bonds. The second-order valence-corrected chi connectivity index (χ2v) is 8.59. The minimum Gasteiger partial charge on any atom is -0.495 e. The number of halogens is 1. The number of amides is 1. The van der Waals surface area contributed by atoms with Crippen LogP contribution in [0.25, 0.3) is 11.0 Å². The lowest BCUT2D eigenvalue weighted by molar-refractivity contribution is 0.0971. The van der Waals surface area contributed by atoms with Crippen LogP contribution in [-0.2, 0) is 0 Å². The Bertz CT molecular complexity index is 1540. The highest BCUT2D eigenvalue weighted by Crippen LogP contribution is 2.44. The number of carbonyl (C=O) groups is 1. The molecule has 1 aliphatic rings. The van der Waals surface area contributed by atoms with Crippen LogP contribution in [0.4, 0.5) is 5.69 Å². The number of benzene rings is 3. The van der Waals surface area contributed by atoms with Crippen LogP contribution >= 0.6 is 11.6 Å². The van der Waals surface area contributed by atoms with E-state index < -0.39 is 11.9 Å². The Kier molecular flexibility index (Phi) is 5.65. The van der Waals surface area contributed by atoms with Crippen molar-refractivity contribution in [1.82, 2.24) is 0 Å². The fraction of sp³-hybridized carbons (Fsp3) is 0.185. The molecule has 1 aliphatic heterocycles. The highest BCUT2D eigenvalue weighted by atomic mass is 35.5. The Morgan fingerprint density at radius 1 is 0.857 bits per heavy atom. The molecule has 0 radical (unpaired) electrons. The summed E-state index contributed by atoms with van der Waals surface area (Å²) in [6, 6.07) is 14.9. The molecule has 0 bridgehead atoms. The van der Waals surface area contributed by atoms with E-state index in [1.807, 2.05) is 13.0 Å². The van der Waals surface area contributed by atoms with Gasteiger partial charge in [-0.25, -0.2) is 0 Å². The lowest BCUT2D eigenvalue weighted by Gasteiger charge is -2.26. The fourth-order valence-electron chi connectivity index (χ4n) is 4.50. The van der Waals surface area contributed by atoms with E-state index in [0.29, 0.717) is 44.5 Å². The maximum atomic E-state index is 13.8. The maximum absolute atomic E-state index is 13.8. The van der Waals surface area contributed by atoms with E-state index in [1.54, 1.807) is 55.6 Å². The first-order chi connectivity index (χ1) is 16.9. The van der Waals surface area contributed by atoms with Crippen molar-refractivity contribution in [3.63, 3.8) is 0 Å². The molecule has 5 rings (SSSR count). The summed E-state index contributed by atoms with van der Waals surface area (Å²) in [6.07, 6.45) is 0. The molecule has 1 aromatic heterocycles. The highest BCUT2D eigenvalue weighted by molar-refractivity contribution is 6.32. The van der Waals surface area contributed by atoms with E-state index in [0.717, 1.165) is 5.56 Å². The van der Waals surface area contributed by atoms with Crippen molar-refractivity contribution in [3.8, 4) is 17.2 Å². The zero-order chi connectivity index (χ0) is 24.9. The Hall–Kier alpha value is -3.97. The third kappa shape index (κ3) is 3.59. The van der Waals surface area contributed by atoms with Crippen LogP contribution in [0.2, 0.25) is 5.02 Å². The van der Waals surface area contributed by atoms with Gasteiger partial charge in [-0.1, -0.05) is 29.3 Å². The number of aryl methyl sites for hydroxylation is 1. The predicted octanol–water partition coefficient (Wildman–Crippen LogP) is 5.53. The third-order valence-corrected chi connectivity index (χ3v) is 6.46. The molecular formula is C27H22ClNO6. The topological polar surface area (TPSA) is 78.2 Å². The van der Waals surface area contributed by atoms with E-state index in [1.165, 1.54) is 19.1 Å². The van der Waals surface area contributed by atoms with Gasteiger partial charge in [0, 0.05) is 5.69 Å². The standard InChI is InChI=1S/C27H22ClNO6/c1-14-5-8-19-17(11-14)25(30)23-24(15-6-9-21(33-3)22(12-15)34-4)29(27(31)26(23)35-19)16-7-10-20(32-2)18(28)13-16/h5-13,24H,1-4H3. The quantitative estimate of drug-likeness (QED) is 0.365.